The second-order valence-electron chi connectivity index (χ2n) is 5.04. The van der Waals surface area contributed by atoms with Crippen LogP contribution in [0.25, 0.3) is 0 Å². The van der Waals surface area contributed by atoms with Crippen molar-refractivity contribution >= 4 is 5.91 Å². The third-order valence-corrected chi connectivity index (χ3v) is 3.54. The van der Waals surface area contributed by atoms with Gasteiger partial charge >= 0.3 is 0 Å². The van der Waals surface area contributed by atoms with Crippen LogP contribution in [0.5, 0.6) is 0 Å². The van der Waals surface area contributed by atoms with E-state index in [0.717, 1.165) is 30.8 Å². The number of rotatable bonds is 2. The Morgan fingerprint density at radius 2 is 2.25 bits per heavy atom. The smallest absolute Gasteiger partial charge is 0.291 e. The van der Waals surface area contributed by atoms with Gasteiger partial charge in [-0.25, -0.2) is 4.98 Å². The van der Waals surface area contributed by atoms with Crippen molar-refractivity contribution in [3.63, 3.8) is 0 Å². The van der Waals surface area contributed by atoms with Gasteiger partial charge < -0.3 is 9.32 Å². The second kappa shape index (κ2) is 5.40. The van der Waals surface area contributed by atoms with Crippen LogP contribution < -0.4 is 0 Å². The SMILES string of the molecule is Cc1cncc(C2CCCN(C(=O)c3cnco3)C2)n1. The molecule has 0 aliphatic carbocycles. The first kappa shape index (κ1) is 12.8. The number of carbonyl (C=O) groups is 1. The quantitative estimate of drug-likeness (QED) is 0.833. The highest BCUT2D eigenvalue weighted by Crippen LogP contribution is 2.26. The van der Waals surface area contributed by atoms with Gasteiger partial charge in [-0.3, -0.25) is 14.8 Å². The van der Waals surface area contributed by atoms with Crippen molar-refractivity contribution in [2.75, 3.05) is 13.1 Å². The van der Waals surface area contributed by atoms with Gasteiger partial charge in [-0.1, -0.05) is 0 Å². The van der Waals surface area contributed by atoms with Crippen LogP contribution in [0.15, 0.2) is 29.4 Å². The zero-order chi connectivity index (χ0) is 13.9. The van der Waals surface area contributed by atoms with E-state index in [1.165, 1.54) is 12.6 Å². The molecule has 3 heterocycles. The van der Waals surface area contributed by atoms with Crippen molar-refractivity contribution in [3.05, 3.63) is 42.1 Å². The maximum absolute atomic E-state index is 12.3. The zero-order valence-electron chi connectivity index (χ0n) is 11.3. The van der Waals surface area contributed by atoms with Crippen molar-refractivity contribution in [2.45, 2.75) is 25.7 Å². The van der Waals surface area contributed by atoms with Gasteiger partial charge in [-0.2, -0.15) is 0 Å². The van der Waals surface area contributed by atoms with Crippen LogP contribution in [-0.2, 0) is 0 Å². The predicted molar refractivity (Wildman–Crippen MR) is 71.2 cm³/mol. The lowest BCUT2D eigenvalue weighted by Gasteiger charge is -2.31. The number of aryl methyl sites for hydroxylation is 1. The molecule has 1 atom stereocenters. The minimum atomic E-state index is -0.104. The standard InChI is InChI=1S/C14H16N4O2/c1-10-5-15-6-12(17-10)11-3-2-4-18(8-11)14(19)13-7-16-9-20-13/h5-7,9,11H,2-4,8H2,1H3. The molecule has 0 N–H and O–H groups in total. The predicted octanol–water partition coefficient (Wildman–Crippen LogP) is 1.79. The van der Waals surface area contributed by atoms with Crippen molar-refractivity contribution in [3.8, 4) is 0 Å². The molecule has 2 aromatic rings. The normalized spacial score (nSPS) is 19.1. The molecule has 0 spiro atoms. The fraction of sp³-hybridized carbons (Fsp3) is 0.429. The minimum Gasteiger partial charge on any atom is -0.438 e. The molecule has 0 radical (unpaired) electrons. The summed E-state index contributed by atoms with van der Waals surface area (Å²) in [4.78, 5) is 26.6. The molecule has 2 aromatic heterocycles. The average Bonchev–Trinajstić information content (AvgIpc) is 3.01. The lowest BCUT2D eigenvalue weighted by molar-refractivity contribution is 0.0673. The van der Waals surface area contributed by atoms with Crippen molar-refractivity contribution in [1.82, 2.24) is 19.9 Å². The number of oxazole rings is 1. The molecule has 0 saturated carbocycles. The van der Waals surface area contributed by atoms with Crippen LogP contribution in [0, 0.1) is 6.92 Å². The monoisotopic (exact) mass is 272 g/mol. The Balaban J connectivity index is 1.75. The van der Waals surface area contributed by atoms with Crippen LogP contribution in [0.4, 0.5) is 0 Å². The van der Waals surface area contributed by atoms with E-state index in [1.54, 1.807) is 17.3 Å². The van der Waals surface area contributed by atoms with Crippen LogP contribution >= 0.6 is 0 Å². The maximum Gasteiger partial charge on any atom is 0.291 e. The van der Waals surface area contributed by atoms with Gasteiger partial charge in [-0.15, -0.1) is 0 Å². The Morgan fingerprint density at radius 3 is 3.00 bits per heavy atom. The van der Waals surface area contributed by atoms with Gasteiger partial charge in [0, 0.05) is 31.4 Å². The molecule has 1 amide bonds. The van der Waals surface area contributed by atoms with E-state index in [9.17, 15) is 4.79 Å². The molecule has 1 aliphatic rings. The Bertz CT molecular complexity index is 597. The topological polar surface area (TPSA) is 72.1 Å². The Labute approximate surface area is 116 Å². The van der Waals surface area contributed by atoms with E-state index in [1.807, 2.05) is 6.92 Å². The summed E-state index contributed by atoms with van der Waals surface area (Å²) in [6.45, 7) is 3.32. The molecule has 0 aromatic carbocycles. The van der Waals surface area contributed by atoms with Gasteiger partial charge in [0.25, 0.3) is 5.91 Å². The highest BCUT2D eigenvalue weighted by molar-refractivity contribution is 5.91. The summed E-state index contributed by atoms with van der Waals surface area (Å²) in [6, 6.07) is 0. The summed E-state index contributed by atoms with van der Waals surface area (Å²) < 4.78 is 5.08. The second-order valence-corrected chi connectivity index (χ2v) is 5.04. The summed E-state index contributed by atoms with van der Waals surface area (Å²) in [5.41, 5.74) is 1.86. The van der Waals surface area contributed by atoms with E-state index in [2.05, 4.69) is 15.0 Å². The Morgan fingerprint density at radius 1 is 1.35 bits per heavy atom. The van der Waals surface area contributed by atoms with Crippen LogP contribution in [0.2, 0.25) is 0 Å². The van der Waals surface area contributed by atoms with Crippen molar-refractivity contribution in [2.24, 2.45) is 0 Å². The molecule has 20 heavy (non-hydrogen) atoms. The third-order valence-electron chi connectivity index (χ3n) is 3.54. The highest BCUT2D eigenvalue weighted by atomic mass is 16.3. The summed E-state index contributed by atoms with van der Waals surface area (Å²) in [6.07, 6.45) is 8.25. The van der Waals surface area contributed by atoms with Crippen molar-refractivity contribution < 1.29 is 9.21 Å². The van der Waals surface area contributed by atoms with Gasteiger partial charge in [0.15, 0.2) is 6.39 Å². The number of aromatic nitrogens is 3. The Hall–Kier alpha value is -2.24. The molecule has 0 bridgehead atoms. The summed E-state index contributed by atoms with van der Waals surface area (Å²) in [5.74, 6) is 0.428. The van der Waals surface area contributed by atoms with E-state index in [-0.39, 0.29) is 11.8 Å². The molecular formula is C14H16N4O2. The average molecular weight is 272 g/mol. The molecule has 1 aliphatic heterocycles. The molecule has 104 valence electrons. The van der Waals surface area contributed by atoms with Gasteiger partial charge in [0.1, 0.15) is 0 Å². The number of hydrogen-bond donors (Lipinski definition) is 0. The summed E-state index contributed by atoms with van der Waals surface area (Å²) >= 11 is 0. The van der Waals surface area contributed by atoms with Gasteiger partial charge in [-0.05, 0) is 19.8 Å². The zero-order valence-corrected chi connectivity index (χ0v) is 11.3. The number of hydrogen-bond acceptors (Lipinski definition) is 5. The molecule has 6 heteroatoms. The molecule has 1 saturated heterocycles. The molecular weight excluding hydrogens is 256 g/mol. The van der Waals surface area contributed by atoms with E-state index in [0.29, 0.717) is 12.3 Å². The number of likely N-dealkylation sites (tertiary alicyclic amines) is 1. The number of piperidine rings is 1. The summed E-state index contributed by atoms with van der Waals surface area (Å²) in [7, 11) is 0. The van der Waals surface area contributed by atoms with Gasteiger partial charge in [0.2, 0.25) is 5.76 Å². The minimum absolute atomic E-state index is 0.104. The number of amides is 1. The number of nitrogens with zero attached hydrogens (tertiary/aromatic N) is 4. The molecule has 1 unspecified atom stereocenters. The molecule has 3 rings (SSSR count). The van der Waals surface area contributed by atoms with E-state index < -0.39 is 0 Å². The molecule has 1 fully saturated rings. The van der Waals surface area contributed by atoms with Crippen LogP contribution in [0.3, 0.4) is 0 Å². The van der Waals surface area contributed by atoms with E-state index in [4.69, 9.17) is 4.42 Å². The maximum atomic E-state index is 12.3. The van der Waals surface area contributed by atoms with Crippen LogP contribution in [-0.4, -0.2) is 38.8 Å². The Kier molecular flexibility index (Phi) is 3.45. The lowest BCUT2D eigenvalue weighted by Crippen LogP contribution is -2.39. The number of carbonyl (C=O) groups excluding carboxylic acids is 1. The van der Waals surface area contributed by atoms with Crippen molar-refractivity contribution in [1.29, 1.82) is 0 Å². The first-order chi connectivity index (χ1) is 9.74. The fourth-order valence-corrected chi connectivity index (χ4v) is 2.56. The molecule has 6 nitrogen and oxygen atoms in total. The van der Waals surface area contributed by atoms with E-state index >= 15 is 0 Å². The largest absolute Gasteiger partial charge is 0.438 e. The first-order valence-corrected chi connectivity index (χ1v) is 6.70. The fourth-order valence-electron chi connectivity index (χ4n) is 2.56. The first-order valence-electron chi connectivity index (χ1n) is 6.70. The van der Waals surface area contributed by atoms with Crippen LogP contribution in [0.1, 0.15) is 40.7 Å². The third kappa shape index (κ3) is 2.54. The lowest BCUT2D eigenvalue weighted by atomic mass is 9.95. The summed E-state index contributed by atoms with van der Waals surface area (Å²) in [5, 5.41) is 0. The highest BCUT2D eigenvalue weighted by Gasteiger charge is 2.27. The van der Waals surface area contributed by atoms with Gasteiger partial charge in [0.05, 0.1) is 17.6 Å².